The molecule has 0 rings (SSSR count). The summed E-state index contributed by atoms with van der Waals surface area (Å²) in [6.45, 7) is -32.3. The quantitative estimate of drug-likeness (QED) is 0.322. The Kier molecular flexibility index (Phi) is 2.99. The number of likely N-dealkylation sites (N-methyl/N-ethyl adjacent to an activating group) is 1. The first-order valence-electron chi connectivity index (χ1n) is 12.6. The van der Waals surface area contributed by atoms with Gasteiger partial charge in [0.25, 0.3) is 0 Å². The highest BCUT2D eigenvalue weighted by atomic mass is 16.3. The molecule has 0 spiro atoms. The molecule has 0 radical (unpaired) electrons. The van der Waals surface area contributed by atoms with Crippen LogP contribution in [0, 0.1) is 0 Å². The third-order valence-corrected chi connectivity index (χ3v) is 0.560. The van der Waals surface area contributed by atoms with E-state index in [0.717, 1.165) is 0 Å². The topological polar surface area (TPSA) is 96.2 Å². The van der Waals surface area contributed by atoms with E-state index in [1.807, 2.05) is 0 Å². The van der Waals surface area contributed by atoms with Crippen LogP contribution in [-0.4, -0.2) is 84.5 Å². The van der Waals surface area contributed by atoms with Gasteiger partial charge in [0.2, 0.25) is 0 Å². The maximum Gasteiger partial charge on any atom is 0.0577 e. The number of hydrogen-bond donors (Lipinski definition) is 5. The number of rotatable bonds is 8. The minimum absolute atomic E-state index is 0.854. The maximum absolute atomic E-state index is 9.00. The summed E-state index contributed by atoms with van der Waals surface area (Å²) < 4.78 is 131. The molecule has 0 aliphatic rings. The molecule has 0 aliphatic carbocycles. The van der Waals surface area contributed by atoms with Gasteiger partial charge in [-0.25, -0.2) is 0 Å². The normalized spacial score (nSPS) is 37.3. The van der Waals surface area contributed by atoms with Crippen LogP contribution in [0.15, 0.2) is 0 Å². The second-order valence-corrected chi connectivity index (χ2v) is 1.38. The Bertz CT molecular complexity index is 620. The summed E-state index contributed by atoms with van der Waals surface area (Å²) in [5, 5.41) is 36.6. The van der Waals surface area contributed by atoms with Crippen LogP contribution in [0.5, 0.6) is 0 Å². The van der Waals surface area contributed by atoms with Crippen molar-refractivity contribution in [1.82, 2.24) is 10.2 Å². The Morgan fingerprint density at radius 3 is 1.73 bits per heavy atom. The van der Waals surface area contributed by atoms with Crippen LogP contribution in [0.1, 0.15) is 26.0 Å². The fourth-order valence-electron chi connectivity index (χ4n) is 0.215. The van der Waals surface area contributed by atoms with Crippen LogP contribution < -0.4 is 5.32 Å². The number of aliphatic hydroxyl groups is 4. The van der Waals surface area contributed by atoms with Gasteiger partial charge in [0.1, 0.15) is 0 Å². The third kappa shape index (κ3) is 20.0. The molecule has 0 atom stereocenters. The molecule has 0 aromatic heterocycles. The summed E-state index contributed by atoms with van der Waals surface area (Å²) in [5.41, 5.74) is 0. The monoisotopic (exact) mass is 243 g/mol. The predicted octanol–water partition coefficient (Wildman–Crippen LogP) is -2.54. The van der Waals surface area contributed by atoms with Gasteiger partial charge in [-0.2, -0.15) is 0 Å². The average molecular weight is 243 g/mol. The number of hydrogen-bond acceptors (Lipinski definition) is 6. The first-order chi connectivity index (χ1) is 14.1. The van der Waals surface area contributed by atoms with Crippen molar-refractivity contribution in [2.24, 2.45) is 0 Å². The van der Waals surface area contributed by atoms with Gasteiger partial charge in [-0.3, -0.25) is 0 Å². The third-order valence-electron chi connectivity index (χ3n) is 0.560. The zero-order valence-electron chi connectivity index (χ0n) is 26.2. The Labute approximate surface area is 118 Å². The van der Waals surface area contributed by atoms with Crippen molar-refractivity contribution in [2.75, 3.05) is 59.2 Å². The molecule has 0 aromatic carbocycles. The largest absolute Gasteiger partial charge is 0.395 e. The molecular formula is C9H24N2O4. The van der Waals surface area contributed by atoms with Gasteiger partial charge in [0, 0.05) is 41.1 Å². The second-order valence-electron chi connectivity index (χ2n) is 1.38. The fraction of sp³-hybridized carbons (Fsp3) is 1.00. The zero-order chi connectivity index (χ0) is 28.8. The molecule has 0 bridgehead atoms. The maximum atomic E-state index is 9.00. The molecule has 6 heteroatoms. The Morgan fingerprint density at radius 1 is 1.00 bits per heavy atom. The lowest BCUT2D eigenvalue weighted by Crippen LogP contribution is -2.25. The van der Waals surface area contributed by atoms with E-state index in [-0.39, 0.29) is 0 Å². The van der Waals surface area contributed by atoms with Crippen molar-refractivity contribution in [3.05, 3.63) is 0 Å². The van der Waals surface area contributed by atoms with E-state index in [0.29, 0.717) is 0 Å². The van der Waals surface area contributed by atoms with E-state index in [2.05, 4.69) is 0 Å². The molecule has 0 saturated carbocycles. The lowest BCUT2D eigenvalue weighted by atomic mass is 10.5. The lowest BCUT2D eigenvalue weighted by Gasteiger charge is -2.11. The SMILES string of the molecule is [2H]C([2H])(O)C([2H])([2H])NC([2H])([2H])C([2H])([2H])O.[2H]C([2H])([2H])N(C([2H])([2H])C([2H])([2H])O)C([2H])([2H])C([2H])([2H])O. The van der Waals surface area contributed by atoms with Crippen LogP contribution in [-0.2, 0) is 0 Å². The molecule has 5 N–H and O–H groups in total. The summed E-state index contributed by atoms with van der Waals surface area (Å²) in [7, 11) is 0. The van der Waals surface area contributed by atoms with Gasteiger partial charge in [0.05, 0.1) is 37.2 Å². The molecule has 15 heavy (non-hydrogen) atoms. The van der Waals surface area contributed by atoms with E-state index in [9.17, 15) is 0 Å². The van der Waals surface area contributed by atoms with Gasteiger partial charge in [-0.05, 0) is 6.98 Å². The van der Waals surface area contributed by atoms with Crippen molar-refractivity contribution in [3.63, 3.8) is 0 Å². The molecule has 0 aliphatic heterocycles. The van der Waals surface area contributed by atoms with E-state index in [1.165, 1.54) is 5.32 Å². The van der Waals surface area contributed by atoms with Crippen molar-refractivity contribution in [3.8, 4) is 0 Å². The van der Waals surface area contributed by atoms with Crippen LogP contribution in [0.3, 0.4) is 0 Å². The minimum Gasteiger partial charge on any atom is -0.395 e. The van der Waals surface area contributed by atoms with Crippen LogP contribution in [0.4, 0.5) is 0 Å². The van der Waals surface area contributed by atoms with Crippen molar-refractivity contribution in [2.45, 2.75) is 0 Å². The van der Waals surface area contributed by atoms with E-state index >= 15 is 0 Å². The predicted molar refractivity (Wildman–Crippen MR) is 58.7 cm³/mol. The van der Waals surface area contributed by atoms with Crippen LogP contribution in [0.2, 0.25) is 0 Å². The highest BCUT2D eigenvalue weighted by Crippen LogP contribution is 1.76. The molecule has 0 aromatic rings. The first-order valence-corrected chi connectivity index (χ1v) is 3.07. The van der Waals surface area contributed by atoms with E-state index < -0.39 is 64.1 Å². The Hall–Kier alpha value is -0.240. The molecule has 0 heterocycles. The Morgan fingerprint density at radius 2 is 1.47 bits per heavy atom. The summed E-state index contributed by atoms with van der Waals surface area (Å²) in [6.07, 6.45) is 0. The van der Waals surface area contributed by atoms with Crippen molar-refractivity contribution < 1.29 is 46.5 Å². The summed E-state index contributed by atoms with van der Waals surface area (Å²) >= 11 is 0. The van der Waals surface area contributed by atoms with Gasteiger partial charge in [0.15, 0.2) is 0 Å². The van der Waals surface area contributed by atoms with Gasteiger partial charge >= 0.3 is 0 Å². The molecule has 0 amide bonds. The molecular weight excluding hydrogens is 200 g/mol. The van der Waals surface area contributed by atoms with Crippen LogP contribution in [0.25, 0.3) is 0 Å². The van der Waals surface area contributed by atoms with Crippen molar-refractivity contribution in [1.29, 1.82) is 0 Å². The van der Waals surface area contributed by atoms with Gasteiger partial charge in [-0.1, -0.05) is 0 Å². The molecule has 0 unspecified atom stereocenters. The highest BCUT2D eigenvalue weighted by molar-refractivity contribution is 4.45. The Balaban J connectivity index is 0. The molecule has 0 fully saturated rings. The van der Waals surface area contributed by atoms with E-state index in [1.54, 1.807) is 0 Å². The summed E-state index contributed by atoms with van der Waals surface area (Å²) in [5.74, 6) is 0. The lowest BCUT2D eigenvalue weighted by molar-refractivity contribution is 0.184. The second kappa shape index (κ2) is 16.2. The minimum atomic E-state index is -3.84. The van der Waals surface area contributed by atoms with Crippen LogP contribution >= 0.6 is 0 Å². The first kappa shape index (κ1) is 2.77. The van der Waals surface area contributed by atoms with E-state index in [4.69, 9.17) is 46.5 Å². The number of nitrogens with zero attached hydrogens (tertiary/aromatic N) is 1. The van der Waals surface area contributed by atoms with Crippen molar-refractivity contribution >= 4 is 0 Å². The highest BCUT2D eigenvalue weighted by Gasteiger charge is 1.91. The average Bonchev–Trinajstić information content (AvgIpc) is 2.38. The summed E-state index contributed by atoms with van der Waals surface area (Å²) in [4.78, 5) is -0.854. The standard InChI is InChI=1S/C5H13NO2.C4H11NO2/c1-6(2-4-7)3-5-8;6-3-1-5-2-4-7/h7-8H,2-5H2,1H3;5-7H,1-4H2/i1D3,2D2,3D2,4D2,5D2;1D2,2D2,3D2,4D2. The molecule has 0 saturated heterocycles. The fourth-order valence-corrected chi connectivity index (χ4v) is 0.215. The molecule has 6 nitrogen and oxygen atoms in total. The number of nitrogens with one attached hydrogen (secondary N) is 1. The summed E-state index contributed by atoms with van der Waals surface area (Å²) in [6, 6.07) is 0. The van der Waals surface area contributed by atoms with Gasteiger partial charge < -0.3 is 30.6 Å². The molecule has 94 valence electrons. The smallest absolute Gasteiger partial charge is 0.0577 e. The zero-order valence-corrected chi connectivity index (χ0v) is 7.24. The van der Waals surface area contributed by atoms with Gasteiger partial charge in [-0.15, -0.1) is 0 Å².